The molecule has 2 N–H and O–H groups in total. The van der Waals surface area contributed by atoms with Gasteiger partial charge in [-0.3, -0.25) is 14.1 Å². The molecule has 4 atom stereocenters. The molecule has 2 aromatic rings. The Hall–Kier alpha value is -4.54. The number of carbonyl (C=O) groups excluding carboxylic acids is 4. The lowest BCUT2D eigenvalue weighted by atomic mass is 9.92. The molecule has 1 fully saturated rings. The average molecular weight is 745 g/mol. The van der Waals surface area contributed by atoms with Crippen molar-refractivity contribution in [2.75, 3.05) is 25.9 Å². The van der Waals surface area contributed by atoms with E-state index < -0.39 is 100 Å². The number of ether oxygens (including phenoxy) is 7. The van der Waals surface area contributed by atoms with Gasteiger partial charge in [-0.15, -0.1) is 0 Å². The van der Waals surface area contributed by atoms with Gasteiger partial charge >= 0.3 is 32.1 Å². The van der Waals surface area contributed by atoms with Crippen LogP contribution in [0.4, 0.5) is 15.4 Å². The van der Waals surface area contributed by atoms with Crippen molar-refractivity contribution in [1.29, 1.82) is 5.26 Å². The van der Waals surface area contributed by atoms with Crippen LogP contribution in [-0.4, -0.2) is 89.6 Å². The Morgan fingerprint density at radius 1 is 0.980 bits per heavy atom. The van der Waals surface area contributed by atoms with Gasteiger partial charge in [0.1, 0.15) is 24.0 Å². The molecule has 0 aromatic carbocycles. The molecule has 282 valence electrons. The van der Waals surface area contributed by atoms with Crippen LogP contribution in [0.1, 0.15) is 62.5 Å². The molecular weight excluding hydrogens is 701 g/mol. The fourth-order valence-corrected chi connectivity index (χ4v) is 5.17. The maximum atomic E-state index is 13.8. The number of nitrogens with zero attached hydrogens (tertiary/aromatic N) is 4. The number of nitrogen functional groups attached to an aromatic ring is 1. The maximum Gasteiger partial charge on any atom is 0.510 e. The molecular formula is C30H42N5O15P. The minimum atomic E-state index is -4.91. The van der Waals surface area contributed by atoms with Crippen LogP contribution in [0, 0.1) is 23.2 Å². The summed E-state index contributed by atoms with van der Waals surface area (Å²) in [5.41, 5.74) is 3.44. The van der Waals surface area contributed by atoms with E-state index in [-0.39, 0.29) is 23.1 Å². The van der Waals surface area contributed by atoms with Crippen molar-refractivity contribution >= 4 is 43.4 Å². The zero-order valence-corrected chi connectivity index (χ0v) is 30.1. The molecule has 0 aliphatic carbocycles. The number of nitriles is 1. The normalized spacial score (nSPS) is 20.7. The van der Waals surface area contributed by atoms with Crippen LogP contribution < -0.4 is 5.73 Å². The number of anilines is 1. The minimum Gasteiger partial charge on any atom is -0.455 e. The van der Waals surface area contributed by atoms with E-state index in [1.165, 1.54) is 33.8 Å². The molecule has 0 amide bonds. The molecule has 0 spiro atoms. The Morgan fingerprint density at radius 2 is 1.53 bits per heavy atom. The molecule has 0 radical (unpaired) electrons. The highest BCUT2D eigenvalue weighted by atomic mass is 31.2. The van der Waals surface area contributed by atoms with Crippen LogP contribution in [0.25, 0.3) is 5.52 Å². The van der Waals surface area contributed by atoms with Crippen LogP contribution in [0.3, 0.4) is 0 Å². The summed E-state index contributed by atoms with van der Waals surface area (Å²) in [5.74, 6) is -3.23. The number of esters is 2. The Balaban J connectivity index is 2.06. The average Bonchev–Trinajstić information content (AvgIpc) is 3.54. The van der Waals surface area contributed by atoms with E-state index in [0.717, 1.165) is 10.8 Å². The third-order valence-electron chi connectivity index (χ3n) is 6.62. The topological polar surface area (TPSA) is 258 Å². The van der Waals surface area contributed by atoms with E-state index in [2.05, 4.69) is 10.1 Å². The van der Waals surface area contributed by atoms with Crippen molar-refractivity contribution in [3.63, 3.8) is 0 Å². The number of fused-ring (bicyclic) bond motifs is 1. The van der Waals surface area contributed by atoms with Crippen molar-refractivity contribution < 1.29 is 71.8 Å². The van der Waals surface area contributed by atoms with Gasteiger partial charge in [0.15, 0.2) is 18.0 Å². The number of nitrogens with two attached hydrogens (primary N) is 1. The molecule has 51 heavy (non-hydrogen) atoms. The zero-order valence-electron chi connectivity index (χ0n) is 30.3. The fraction of sp³-hybridized carbons (Fsp3) is 0.633. The Kier molecular flexibility index (Phi) is 13.5. The summed E-state index contributed by atoms with van der Waals surface area (Å²) in [6.45, 7) is 9.31. The number of hydrogen-bond acceptors (Lipinski definition) is 19. The summed E-state index contributed by atoms with van der Waals surface area (Å²) in [6, 6.07) is 2.93. The summed E-state index contributed by atoms with van der Waals surface area (Å²) in [5, 5.41) is 14.9. The van der Waals surface area contributed by atoms with E-state index >= 15 is 0 Å². The molecule has 3 heterocycles. The van der Waals surface area contributed by atoms with Gasteiger partial charge in [-0.2, -0.15) is 10.4 Å². The molecule has 0 bridgehead atoms. The molecule has 1 saturated heterocycles. The first-order valence-corrected chi connectivity index (χ1v) is 17.1. The van der Waals surface area contributed by atoms with Crippen molar-refractivity contribution in [2.24, 2.45) is 11.8 Å². The van der Waals surface area contributed by atoms with E-state index in [9.17, 15) is 29.0 Å². The smallest absolute Gasteiger partial charge is 0.455 e. The molecule has 3 rings (SSSR count). The van der Waals surface area contributed by atoms with Gasteiger partial charge in [0.2, 0.25) is 19.2 Å². The Bertz CT molecular complexity index is 1660. The number of phosphoric acid groups is 1. The van der Waals surface area contributed by atoms with Crippen LogP contribution in [0.2, 0.25) is 0 Å². The van der Waals surface area contributed by atoms with E-state index in [0.29, 0.717) is 0 Å². The van der Waals surface area contributed by atoms with Crippen LogP contribution >= 0.6 is 7.82 Å². The number of phosphoric ester groups is 1. The summed E-state index contributed by atoms with van der Waals surface area (Å²) >= 11 is 0. The van der Waals surface area contributed by atoms with E-state index in [4.69, 9.17) is 53.8 Å². The second kappa shape index (κ2) is 17.6. The second-order valence-corrected chi connectivity index (χ2v) is 13.7. The van der Waals surface area contributed by atoms with Crippen LogP contribution in [0.15, 0.2) is 18.4 Å². The van der Waals surface area contributed by atoms with Gasteiger partial charge in [-0.25, -0.2) is 32.7 Å². The van der Waals surface area contributed by atoms with Crippen LogP contribution in [0.5, 0.6) is 0 Å². The molecule has 1 aliphatic heterocycles. The first-order valence-electron chi connectivity index (χ1n) is 16.1. The lowest BCUT2D eigenvalue weighted by molar-refractivity contribution is -0.173. The summed E-state index contributed by atoms with van der Waals surface area (Å²) in [7, 11) is -4.91. The van der Waals surface area contributed by atoms with Gasteiger partial charge in [0.25, 0.3) is 0 Å². The lowest BCUT2D eigenvalue weighted by Crippen LogP contribution is -2.47. The number of carbonyl (C=O) groups is 4. The van der Waals surface area contributed by atoms with Gasteiger partial charge in [-0.05, 0) is 39.8 Å². The zero-order chi connectivity index (χ0) is 39.0. The fourth-order valence-electron chi connectivity index (χ4n) is 4.26. The molecule has 21 heteroatoms. The first kappa shape index (κ1) is 39.2. The monoisotopic (exact) mass is 744 g/mol. The van der Waals surface area contributed by atoms with Gasteiger partial charge < -0.3 is 38.9 Å². The largest absolute Gasteiger partial charge is 0.510 e. The van der Waals surface area contributed by atoms with Crippen LogP contribution in [-0.2, 0) is 66.5 Å². The van der Waals surface area contributed by atoms with Crippen molar-refractivity contribution in [2.45, 2.75) is 91.5 Å². The predicted molar refractivity (Wildman–Crippen MR) is 170 cm³/mol. The van der Waals surface area contributed by atoms with E-state index in [1.807, 2.05) is 6.07 Å². The Labute approximate surface area is 294 Å². The first-order chi connectivity index (χ1) is 24.3. The predicted octanol–water partition coefficient (Wildman–Crippen LogP) is 3.76. The number of hydrogen-bond donors (Lipinski definition) is 1. The van der Waals surface area contributed by atoms with Gasteiger partial charge in [0, 0.05) is 0 Å². The van der Waals surface area contributed by atoms with Crippen molar-refractivity contribution in [1.82, 2.24) is 14.6 Å². The molecule has 2 aromatic heterocycles. The third-order valence-corrected chi connectivity index (χ3v) is 7.92. The number of rotatable bonds is 16. The second-order valence-electron chi connectivity index (χ2n) is 12.0. The standard InChI is InChI=1S/C30H42N5O15P/c1-16(2)26(36)48-23-21(11-43-51(40,44-14-41-28(38)46-18(5)6)45-15-42-29(39)47-19(7)8)50-30(12-31,24(23)49-27(37)17(3)4)22-10-9-20-25(32)33-13-34-35(20)22/h9-10,13,16-19,21,23-24H,11,14-15H2,1-8H3,(H2,32,33,34)/t21-,23-,24-,30+/m1/s1/i9D. The lowest BCUT2D eigenvalue weighted by Gasteiger charge is -2.29. The number of aromatic nitrogens is 3. The molecule has 0 unspecified atom stereocenters. The highest BCUT2D eigenvalue weighted by Gasteiger charge is 2.63. The maximum absolute atomic E-state index is 13.8. The highest BCUT2D eigenvalue weighted by molar-refractivity contribution is 7.48. The summed E-state index contributed by atoms with van der Waals surface area (Å²) in [4.78, 5) is 53.8. The molecule has 20 nitrogen and oxygen atoms in total. The van der Waals surface area contributed by atoms with Gasteiger partial charge in [0.05, 0.1) is 37.7 Å². The van der Waals surface area contributed by atoms with Crippen molar-refractivity contribution in [3.05, 3.63) is 24.1 Å². The summed E-state index contributed by atoms with van der Waals surface area (Å²) < 4.78 is 76.0. The summed E-state index contributed by atoms with van der Waals surface area (Å²) in [6.07, 6.45) is -7.44. The quantitative estimate of drug-likeness (QED) is 0.111. The third kappa shape index (κ3) is 10.5. The van der Waals surface area contributed by atoms with Gasteiger partial charge in [-0.1, -0.05) is 27.7 Å². The molecule has 1 aliphatic rings. The highest BCUT2D eigenvalue weighted by Crippen LogP contribution is 2.51. The van der Waals surface area contributed by atoms with Crippen molar-refractivity contribution in [3.8, 4) is 6.07 Å². The SMILES string of the molecule is [2H]c1cc([C@]2(C#N)O[C@H](COP(=O)(OCOC(=O)OC(C)C)OCOC(=O)OC(C)C)[C@@H](OC(=O)C(C)C)[C@H]2OC(=O)C(C)C)n2ncnc(N)c12. The Morgan fingerprint density at radius 3 is 2.04 bits per heavy atom. The van der Waals surface area contributed by atoms with E-state index in [1.54, 1.807) is 27.7 Å². The molecule has 0 saturated carbocycles. The minimum absolute atomic E-state index is 0.0154.